The van der Waals surface area contributed by atoms with E-state index in [4.69, 9.17) is 23.2 Å². The van der Waals surface area contributed by atoms with Crippen LogP contribution in [0.2, 0.25) is 10.0 Å². The highest BCUT2D eigenvalue weighted by Gasteiger charge is 2.39. The van der Waals surface area contributed by atoms with Gasteiger partial charge in [0, 0.05) is 15.6 Å². The van der Waals surface area contributed by atoms with Gasteiger partial charge in [0.15, 0.2) is 5.17 Å². The van der Waals surface area contributed by atoms with Gasteiger partial charge in [-0.3, -0.25) is 9.59 Å². The van der Waals surface area contributed by atoms with Crippen molar-refractivity contribution < 1.29 is 19.5 Å². The number of halogens is 2. The Kier molecular flexibility index (Phi) is 5.08. The van der Waals surface area contributed by atoms with Gasteiger partial charge in [0.05, 0.1) is 34.4 Å². The molecule has 7 nitrogen and oxygen atoms in total. The summed E-state index contributed by atoms with van der Waals surface area (Å²) in [4.78, 5) is 42.0. The predicted molar refractivity (Wildman–Crippen MR) is 110 cm³/mol. The maximum atomic E-state index is 12.9. The summed E-state index contributed by atoms with van der Waals surface area (Å²) in [6.07, 6.45) is 0. The molecule has 0 spiro atoms. The van der Waals surface area contributed by atoms with Gasteiger partial charge in [-0.2, -0.15) is 0 Å². The van der Waals surface area contributed by atoms with Gasteiger partial charge in [0.25, 0.3) is 11.8 Å². The lowest BCUT2D eigenvalue weighted by atomic mass is 10.1. The van der Waals surface area contributed by atoms with Crippen molar-refractivity contribution in [3.8, 4) is 0 Å². The van der Waals surface area contributed by atoms with Crippen molar-refractivity contribution in [3.05, 3.63) is 63.0 Å². The number of rotatable bonds is 3. The van der Waals surface area contributed by atoms with Crippen molar-refractivity contribution in [2.75, 3.05) is 11.4 Å². The molecule has 146 valence electrons. The first-order chi connectivity index (χ1) is 13.8. The van der Waals surface area contributed by atoms with Crippen LogP contribution in [-0.2, 0) is 14.4 Å². The van der Waals surface area contributed by atoms with Gasteiger partial charge in [0.2, 0.25) is 0 Å². The fourth-order valence-corrected chi connectivity index (χ4v) is 4.49. The molecular formula is C19H10Cl2N3O4S-. The summed E-state index contributed by atoms with van der Waals surface area (Å²) in [7, 11) is 0. The van der Waals surface area contributed by atoms with E-state index in [0.717, 1.165) is 16.7 Å². The molecule has 29 heavy (non-hydrogen) atoms. The second kappa shape index (κ2) is 7.55. The fraction of sp³-hybridized carbons (Fsp3) is 0.0526. The maximum Gasteiger partial charge on any atom is 0.264 e. The fourth-order valence-electron chi connectivity index (χ4n) is 3.04. The number of aliphatic imine (C=N–C) groups is 1. The number of hydrogen-bond acceptors (Lipinski definition) is 6. The number of carboxylic acids is 1. The molecule has 0 atom stereocenters. The summed E-state index contributed by atoms with van der Waals surface area (Å²) in [6, 6.07) is 11.4. The van der Waals surface area contributed by atoms with Gasteiger partial charge in [-0.1, -0.05) is 41.4 Å². The van der Waals surface area contributed by atoms with E-state index in [1.54, 1.807) is 42.5 Å². The van der Waals surface area contributed by atoms with Crippen LogP contribution >= 0.6 is 35.0 Å². The number of para-hydroxylation sites is 1. The lowest BCUT2D eigenvalue weighted by Gasteiger charge is -2.17. The number of anilines is 1. The molecule has 2 aliphatic rings. The van der Waals surface area contributed by atoms with Gasteiger partial charge in [-0.25, -0.2) is 4.99 Å². The van der Waals surface area contributed by atoms with E-state index in [1.807, 2.05) is 0 Å². The SMILES string of the molecule is O=C([O-])CN1C(=O)/C(=C2\SC(=Nc3cc(Cl)cc(Cl)c3)NC2=O)c2ccccc21. The number of aliphatic carboxylic acids is 1. The molecule has 0 unspecified atom stereocenters. The third-order valence-corrected chi connectivity index (χ3v) is 5.56. The van der Waals surface area contributed by atoms with Crippen LogP contribution in [0.25, 0.3) is 5.57 Å². The van der Waals surface area contributed by atoms with E-state index in [0.29, 0.717) is 27.0 Å². The van der Waals surface area contributed by atoms with Crippen LogP contribution in [0, 0.1) is 0 Å². The Labute approximate surface area is 179 Å². The molecule has 2 heterocycles. The molecule has 2 aromatic carbocycles. The molecule has 1 saturated heterocycles. The molecule has 2 aromatic rings. The normalized spacial score (nSPS) is 19.7. The van der Waals surface area contributed by atoms with E-state index in [2.05, 4.69) is 10.3 Å². The molecule has 0 saturated carbocycles. The smallest absolute Gasteiger partial charge is 0.264 e. The number of amides is 2. The molecule has 0 aromatic heterocycles. The molecule has 1 N–H and O–H groups in total. The standard InChI is InChI=1S/C19H11Cl2N3O4S/c20-9-5-10(21)7-11(6-9)22-19-23-17(27)16(29-19)15-12-3-1-2-4-13(12)24(18(15)28)8-14(25)26/h1-7H,8H2,(H,25,26)(H,22,23,27)/p-1/b16-15-. The summed E-state index contributed by atoms with van der Waals surface area (Å²) in [5.74, 6) is -2.49. The summed E-state index contributed by atoms with van der Waals surface area (Å²) >= 11 is 12.9. The van der Waals surface area contributed by atoms with Crippen LogP contribution in [0.15, 0.2) is 52.4 Å². The maximum absolute atomic E-state index is 12.9. The second-order valence-corrected chi connectivity index (χ2v) is 7.96. The van der Waals surface area contributed by atoms with Gasteiger partial charge in [-0.05, 0) is 36.0 Å². The molecule has 10 heteroatoms. The molecular weight excluding hydrogens is 437 g/mol. The minimum absolute atomic E-state index is 0.124. The van der Waals surface area contributed by atoms with Gasteiger partial charge < -0.3 is 20.1 Å². The Hall–Kier alpha value is -2.81. The first-order valence-electron chi connectivity index (χ1n) is 8.23. The van der Waals surface area contributed by atoms with Gasteiger partial charge >= 0.3 is 0 Å². The number of nitrogens with one attached hydrogen (secondary N) is 1. The molecule has 1 fully saturated rings. The van der Waals surface area contributed by atoms with Crippen LogP contribution in [0.5, 0.6) is 0 Å². The van der Waals surface area contributed by atoms with E-state index >= 15 is 0 Å². The second-order valence-electron chi connectivity index (χ2n) is 6.09. The highest BCUT2D eigenvalue weighted by Crippen LogP contribution is 2.42. The topological polar surface area (TPSA) is 102 Å². The van der Waals surface area contributed by atoms with Crippen LogP contribution in [0.1, 0.15) is 5.56 Å². The minimum Gasteiger partial charge on any atom is -0.548 e. The molecule has 2 aliphatic heterocycles. The lowest BCUT2D eigenvalue weighted by molar-refractivity contribution is -0.303. The van der Waals surface area contributed by atoms with Crippen molar-refractivity contribution >= 4 is 74.9 Å². The summed E-state index contributed by atoms with van der Waals surface area (Å²) in [6.45, 7) is -0.610. The average Bonchev–Trinajstić information content (AvgIpc) is 3.11. The number of hydrogen-bond donors (Lipinski definition) is 1. The van der Waals surface area contributed by atoms with Crippen molar-refractivity contribution in [2.45, 2.75) is 0 Å². The van der Waals surface area contributed by atoms with Crippen LogP contribution in [0.4, 0.5) is 11.4 Å². The van der Waals surface area contributed by atoms with Crippen molar-refractivity contribution in [3.63, 3.8) is 0 Å². The number of carbonyl (C=O) groups is 3. The first kappa shape index (κ1) is 19.5. The van der Waals surface area contributed by atoms with Crippen LogP contribution < -0.4 is 15.3 Å². The minimum atomic E-state index is -1.40. The largest absolute Gasteiger partial charge is 0.548 e. The third kappa shape index (κ3) is 3.74. The predicted octanol–water partition coefficient (Wildman–Crippen LogP) is 2.35. The highest BCUT2D eigenvalue weighted by atomic mass is 35.5. The summed E-state index contributed by atoms with van der Waals surface area (Å²) in [5.41, 5.74) is 1.44. The Morgan fingerprint density at radius 1 is 1.14 bits per heavy atom. The van der Waals surface area contributed by atoms with E-state index < -0.39 is 24.3 Å². The highest BCUT2D eigenvalue weighted by molar-refractivity contribution is 8.18. The first-order valence-corrected chi connectivity index (χ1v) is 9.80. The van der Waals surface area contributed by atoms with E-state index in [-0.39, 0.29) is 15.6 Å². The number of nitrogens with zero attached hydrogens (tertiary/aromatic N) is 2. The molecule has 2 amide bonds. The van der Waals surface area contributed by atoms with Crippen molar-refractivity contribution in [1.29, 1.82) is 0 Å². The molecule has 4 rings (SSSR count). The Morgan fingerprint density at radius 3 is 2.52 bits per heavy atom. The number of carbonyl (C=O) groups excluding carboxylic acids is 3. The molecule has 0 bridgehead atoms. The summed E-state index contributed by atoms with van der Waals surface area (Å²) < 4.78 is 0. The Bertz CT molecular complexity index is 1130. The molecule has 0 radical (unpaired) electrons. The van der Waals surface area contributed by atoms with Crippen LogP contribution in [0.3, 0.4) is 0 Å². The Balaban J connectivity index is 1.75. The Morgan fingerprint density at radius 2 is 1.83 bits per heavy atom. The van der Waals surface area contributed by atoms with Crippen LogP contribution in [-0.4, -0.2) is 29.5 Å². The van der Waals surface area contributed by atoms with E-state index in [9.17, 15) is 19.5 Å². The monoisotopic (exact) mass is 446 g/mol. The molecule has 0 aliphatic carbocycles. The average molecular weight is 447 g/mol. The number of amidine groups is 1. The lowest BCUT2D eigenvalue weighted by Crippen LogP contribution is -2.39. The summed E-state index contributed by atoms with van der Waals surface area (Å²) in [5, 5.41) is 14.7. The zero-order valence-corrected chi connectivity index (χ0v) is 16.8. The van der Waals surface area contributed by atoms with Crippen molar-refractivity contribution in [2.24, 2.45) is 4.99 Å². The van der Waals surface area contributed by atoms with Gasteiger partial charge in [0.1, 0.15) is 0 Å². The number of thioether (sulfide) groups is 1. The zero-order chi connectivity index (χ0) is 20.7. The number of fused-ring (bicyclic) bond motifs is 1. The van der Waals surface area contributed by atoms with E-state index in [1.165, 1.54) is 0 Å². The van der Waals surface area contributed by atoms with Crippen molar-refractivity contribution in [1.82, 2.24) is 5.32 Å². The number of carboxylic acid groups (broad SMARTS) is 1. The number of benzene rings is 2. The third-order valence-electron chi connectivity index (χ3n) is 4.14. The quantitative estimate of drug-likeness (QED) is 0.728. The zero-order valence-electron chi connectivity index (χ0n) is 14.4. The van der Waals surface area contributed by atoms with Gasteiger partial charge in [-0.15, -0.1) is 0 Å².